The number of halogens is 1. The Kier molecular flexibility index (Phi) is 7.33. The zero-order valence-corrected chi connectivity index (χ0v) is 14.2. The van der Waals surface area contributed by atoms with E-state index < -0.39 is 0 Å². The fraction of sp³-hybridized carbons (Fsp3) is 0.667. The van der Waals surface area contributed by atoms with E-state index in [1.54, 1.807) is 12.1 Å². The van der Waals surface area contributed by atoms with E-state index in [1.165, 1.54) is 6.07 Å². The summed E-state index contributed by atoms with van der Waals surface area (Å²) in [6.45, 7) is 11.8. The van der Waals surface area contributed by atoms with Crippen LogP contribution in [0.15, 0.2) is 24.3 Å². The summed E-state index contributed by atoms with van der Waals surface area (Å²) in [6.07, 6.45) is 2.30. The third kappa shape index (κ3) is 6.15. The quantitative estimate of drug-likeness (QED) is 0.739. The highest BCUT2D eigenvalue weighted by Gasteiger charge is 2.27. The highest BCUT2D eigenvalue weighted by molar-refractivity contribution is 5.16. The third-order valence-corrected chi connectivity index (χ3v) is 4.33. The van der Waals surface area contributed by atoms with Crippen LogP contribution in [0.5, 0.6) is 0 Å². The highest BCUT2D eigenvalue weighted by atomic mass is 19.1. The van der Waals surface area contributed by atoms with Gasteiger partial charge in [-0.1, -0.05) is 39.8 Å². The number of hydrogen-bond acceptors (Lipinski definition) is 2. The zero-order chi connectivity index (χ0) is 15.9. The lowest BCUT2D eigenvalue weighted by atomic mass is 9.81. The van der Waals surface area contributed by atoms with Crippen LogP contribution in [0.4, 0.5) is 4.39 Å². The molecule has 2 nitrogen and oxygen atoms in total. The second-order valence-corrected chi connectivity index (χ2v) is 6.54. The highest BCUT2D eigenvalue weighted by Crippen LogP contribution is 2.27. The summed E-state index contributed by atoms with van der Waals surface area (Å²) in [5, 5.41) is 3.58. The minimum Gasteiger partial charge on any atom is -0.314 e. The molecule has 0 aliphatic heterocycles. The van der Waals surface area contributed by atoms with Crippen LogP contribution in [0.2, 0.25) is 0 Å². The molecule has 0 fully saturated rings. The monoisotopic (exact) mass is 294 g/mol. The minimum absolute atomic E-state index is 0.153. The Morgan fingerprint density at radius 1 is 1.24 bits per heavy atom. The molecule has 21 heavy (non-hydrogen) atoms. The Bertz CT molecular complexity index is 413. The summed E-state index contributed by atoms with van der Waals surface area (Å²) >= 11 is 0. The van der Waals surface area contributed by atoms with Gasteiger partial charge in [-0.15, -0.1) is 0 Å². The molecule has 1 aromatic carbocycles. The molecule has 0 bridgehead atoms. The Morgan fingerprint density at radius 3 is 2.43 bits per heavy atom. The first-order valence-corrected chi connectivity index (χ1v) is 8.07. The van der Waals surface area contributed by atoms with E-state index in [1.807, 2.05) is 6.07 Å². The summed E-state index contributed by atoms with van der Waals surface area (Å²) in [4.78, 5) is 2.31. The smallest absolute Gasteiger partial charge is 0.123 e. The summed E-state index contributed by atoms with van der Waals surface area (Å²) < 4.78 is 13.3. The van der Waals surface area contributed by atoms with Crippen molar-refractivity contribution in [2.45, 2.75) is 53.1 Å². The van der Waals surface area contributed by atoms with Gasteiger partial charge < -0.3 is 10.2 Å². The molecule has 0 atom stereocenters. The Morgan fingerprint density at radius 2 is 1.90 bits per heavy atom. The molecule has 1 rings (SSSR count). The standard InChI is InChI=1S/C18H31FN2/c1-6-18(7-2,13-20-15(3)4)14-21(5)12-16-9-8-10-17(19)11-16/h8-11,15,20H,6-7,12-14H2,1-5H3. The van der Waals surface area contributed by atoms with Crippen LogP contribution < -0.4 is 5.32 Å². The van der Waals surface area contributed by atoms with Gasteiger partial charge in [0.2, 0.25) is 0 Å². The molecule has 1 aromatic rings. The van der Waals surface area contributed by atoms with Crippen LogP contribution in [0.25, 0.3) is 0 Å². The Balaban J connectivity index is 2.65. The van der Waals surface area contributed by atoms with Gasteiger partial charge in [-0.3, -0.25) is 0 Å². The number of nitrogens with zero attached hydrogens (tertiary/aromatic N) is 1. The van der Waals surface area contributed by atoms with Crippen LogP contribution in [0.1, 0.15) is 46.1 Å². The van der Waals surface area contributed by atoms with Gasteiger partial charge in [0.25, 0.3) is 0 Å². The first-order valence-electron chi connectivity index (χ1n) is 8.07. The predicted octanol–water partition coefficient (Wildman–Crippen LogP) is 4.06. The third-order valence-electron chi connectivity index (χ3n) is 4.33. The summed E-state index contributed by atoms with van der Waals surface area (Å²) in [6, 6.07) is 7.41. The molecule has 0 saturated carbocycles. The molecule has 0 aromatic heterocycles. The Hall–Kier alpha value is -0.930. The molecule has 3 heteroatoms. The van der Waals surface area contributed by atoms with Gasteiger partial charge in [-0.25, -0.2) is 4.39 Å². The second kappa shape index (κ2) is 8.50. The van der Waals surface area contributed by atoms with E-state index in [2.05, 4.69) is 45.0 Å². The molecule has 0 aliphatic rings. The van der Waals surface area contributed by atoms with E-state index in [9.17, 15) is 4.39 Å². The minimum atomic E-state index is -0.153. The Labute approximate surface area is 129 Å². The van der Waals surface area contributed by atoms with Crippen molar-refractivity contribution in [1.29, 1.82) is 0 Å². The molecule has 0 radical (unpaired) electrons. The van der Waals surface area contributed by atoms with Crippen molar-refractivity contribution in [3.8, 4) is 0 Å². The van der Waals surface area contributed by atoms with E-state index in [0.717, 1.165) is 38.0 Å². The fourth-order valence-corrected chi connectivity index (χ4v) is 2.78. The molecular formula is C18H31FN2. The van der Waals surface area contributed by atoms with Gasteiger partial charge in [0.05, 0.1) is 0 Å². The summed E-state index contributed by atoms with van der Waals surface area (Å²) in [7, 11) is 2.13. The maximum atomic E-state index is 13.3. The van der Waals surface area contributed by atoms with Gasteiger partial charge in [0, 0.05) is 25.7 Å². The molecule has 0 heterocycles. The lowest BCUT2D eigenvalue weighted by Crippen LogP contribution is -2.44. The second-order valence-electron chi connectivity index (χ2n) is 6.54. The predicted molar refractivity (Wildman–Crippen MR) is 88.9 cm³/mol. The zero-order valence-electron chi connectivity index (χ0n) is 14.2. The van der Waals surface area contributed by atoms with Crippen LogP contribution in [-0.4, -0.2) is 31.1 Å². The molecule has 0 unspecified atom stereocenters. The van der Waals surface area contributed by atoms with Crippen molar-refractivity contribution >= 4 is 0 Å². The number of hydrogen-bond donors (Lipinski definition) is 1. The van der Waals surface area contributed by atoms with Gasteiger partial charge in [0.15, 0.2) is 0 Å². The van der Waals surface area contributed by atoms with Gasteiger partial charge in [-0.2, -0.15) is 0 Å². The topological polar surface area (TPSA) is 15.3 Å². The van der Waals surface area contributed by atoms with Crippen molar-refractivity contribution in [3.63, 3.8) is 0 Å². The summed E-state index contributed by atoms with van der Waals surface area (Å²) in [5.74, 6) is -0.153. The van der Waals surface area contributed by atoms with E-state index >= 15 is 0 Å². The van der Waals surface area contributed by atoms with Crippen molar-refractivity contribution in [1.82, 2.24) is 10.2 Å². The molecule has 0 spiro atoms. The average molecular weight is 294 g/mol. The van der Waals surface area contributed by atoms with Crippen LogP contribution >= 0.6 is 0 Å². The molecule has 0 aliphatic carbocycles. The van der Waals surface area contributed by atoms with Crippen LogP contribution in [0.3, 0.4) is 0 Å². The normalized spacial score (nSPS) is 12.4. The van der Waals surface area contributed by atoms with E-state index in [4.69, 9.17) is 0 Å². The largest absolute Gasteiger partial charge is 0.314 e. The first-order chi connectivity index (χ1) is 9.90. The van der Waals surface area contributed by atoms with Crippen LogP contribution in [-0.2, 0) is 6.54 Å². The van der Waals surface area contributed by atoms with Crippen molar-refractivity contribution in [3.05, 3.63) is 35.6 Å². The first kappa shape index (κ1) is 18.1. The van der Waals surface area contributed by atoms with Crippen molar-refractivity contribution in [2.75, 3.05) is 20.1 Å². The summed E-state index contributed by atoms with van der Waals surface area (Å²) in [5.41, 5.74) is 1.32. The number of benzene rings is 1. The molecule has 0 saturated heterocycles. The lowest BCUT2D eigenvalue weighted by Gasteiger charge is -2.36. The number of rotatable bonds is 9. The SMILES string of the molecule is CCC(CC)(CNC(C)C)CN(C)Cc1cccc(F)c1. The molecule has 1 N–H and O–H groups in total. The molecular weight excluding hydrogens is 263 g/mol. The van der Waals surface area contributed by atoms with Crippen molar-refractivity contribution in [2.24, 2.45) is 5.41 Å². The van der Waals surface area contributed by atoms with Gasteiger partial charge >= 0.3 is 0 Å². The van der Waals surface area contributed by atoms with Crippen molar-refractivity contribution < 1.29 is 4.39 Å². The van der Waals surface area contributed by atoms with Gasteiger partial charge in [0.1, 0.15) is 5.82 Å². The maximum Gasteiger partial charge on any atom is 0.123 e. The number of nitrogens with one attached hydrogen (secondary N) is 1. The molecule has 120 valence electrons. The van der Waals surface area contributed by atoms with E-state index in [-0.39, 0.29) is 11.2 Å². The van der Waals surface area contributed by atoms with Crippen LogP contribution in [0, 0.1) is 11.2 Å². The van der Waals surface area contributed by atoms with Gasteiger partial charge in [-0.05, 0) is 43.0 Å². The van der Waals surface area contributed by atoms with E-state index in [0.29, 0.717) is 6.04 Å². The lowest BCUT2D eigenvalue weighted by molar-refractivity contribution is 0.148. The average Bonchev–Trinajstić information content (AvgIpc) is 2.43. The maximum absolute atomic E-state index is 13.3. The molecule has 0 amide bonds. The fourth-order valence-electron chi connectivity index (χ4n) is 2.78.